The van der Waals surface area contributed by atoms with Gasteiger partial charge < -0.3 is 10.1 Å². The van der Waals surface area contributed by atoms with Gasteiger partial charge in [-0.15, -0.1) is 0 Å². The molecule has 1 aliphatic carbocycles. The van der Waals surface area contributed by atoms with Gasteiger partial charge in [-0.25, -0.2) is 0 Å². The van der Waals surface area contributed by atoms with Crippen LogP contribution >= 0.6 is 23.5 Å². The van der Waals surface area contributed by atoms with Crippen molar-refractivity contribution in [2.45, 2.75) is 74.2 Å². The summed E-state index contributed by atoms with van der Waals surface area (Å²) < 4.78 is 6.74. The fourth-order valence-electron chi connectivity index (χ4n) is 4.27. The van der Waals surface area contributed by atoms with E-state index in [1.807, 2.05) is 0 Å². The molecule has 0 aromatic rings. The maximum Gasteiger partial charge on any atom is 0.0713 e. The van der Waals surface area contributed by atoms with Gasteiger partial charge in [-0.05, 0) is 56.3 Å². The zero-order chi connectivity index (χ0) is 14.6. The van der Waals surface area contributed by atoms with Gasteiger partial charge in [0.2, 0.25) is 0 Å². The van der Waals surface area contributed by atoms with Gasteiger partial charge in [-0.1, -0.05) is 19.3 Å². The Hall–Kier alpha value is 0.620. The molecule has 2 heterocycles. The Bertz CT molecular complexity index is 319. The lowest BCUT2D eigenvalue weighted by atomic mass is 9.84. The van der Waals surface area contributed by atoms with E-state index in [0.29, 0.717) is 10.8 Å². The summed E-state index contributed by atoms with van der Waals surface area (Å²) in [5.74, 6) is 2.59. The summed E-state index contributed by atoms with van der Waals surface area (Å²) in [6.07, 6.45) is 14.4. The van der Waals surface area contributed by atoms with E-state index >= 15 is 0 Å². The van der Waals surface area contributed by atoms with Gasteiger partial charge in [-0.3, -0.25) is 0 Å². The summed E-state index contributed by atoms with van der Waals surface area (Å²) in [4.78, 5) is 0. The summed E-state index contributed by atoms with van der Waals surface area (Å²) >= 11 is 4.21. The van der Waals surface area contributed by atoms with Crippen molar-refractivity contribution in [3.8, 4) is 0 Å². The molecule has 21 heavy (non-hydrogen) atoms. The zero-order valence-electron chi connectivity index (χ0n) is 13.5. The first kappa shape index (κ1) is 16.5. The van der Waals surface area contributed by atoms with Crippen LogP contribution in [0.5, 0.6) is 0 Å². The van der Waals surface area contributed by atoms with Crippen LogP contribution < -0.4 is 5.32 Å². The van der Waals surface area contributed by atoms with Crippen LogP contribution in [-0.4, -0.2) is 47.3 Å². The second kappa shape index (κ2) is 7.46. The average molecular weight is 330 g/mol. The molecule has 0 amide bonds. The van der Waals surface area contributed by atoms with E-state index in [1.165, 1.54) is 75.8 Å². The smallest absolute Gasteiger partial charge is 0.0713 e. The molecule has 2 saturated heterocycles. The molecule has 1 unspecified atom stereocenters. The van der Waals surface area contributed by atoms with Crippen molar-refractivity contribution in [1.29, 1.82) is 0 Å². The molecular weight excluding hydrogens is 298 g/mol. The first-order chi connectivity index (χ1) is 10.3. The van der Waals surface area contributed by atoms with Crippen LogP contribution in [0.4, 0.5) is 0 Å². The van der Waals surface area contributed by atoms with Crippen molar-refractivity contribution >= 4 is 23.5 Å². The highest BCUT2D eigenvalue weighted by atomic mass is 32.2. The van der Waals surface area contributed by atoms with Gasteiger partial charge in [0.05, 0.1) is 5.60 Å². The molecule has 0 radical (unpaired) electrons. The second-order valence-electron chi connectivity index (χ2n) is 7.16. The van der Waals surface area contributed by atoms with Gasteiger partial charge >= 0.3 is 0 Å². The Morgan fingerprint density at radius 3 is 2.62 bits per heavy atom. The first-order valence-electron chi connectivity index (χ1n) is 8.76. The molecule has 0 bridgehead atoms. The predicted octanol–water partition coefficient (Wildman–Crippen LogP) is 4.09. The number of ether oxygens (including phenoxy) is 1. The van der Waals surface area contributed by atoms with Gasteiger partial charge in [0.15, 0.2) is 0 Å². The summed E-state index contributed by atoms with van der Waals surface area (Å²) in [5, 5.41) is 3.95. The predicted molar refractivity (Wildman–Crippen MR) is 95.6 cm³/mol. The van der Waals surface area contributed by atoms with Crippen LogP contribution in [0.15, 0.2) is 0 Å². The van der Waals surface area contributed by atoms with Crippen molar-refractivity contribution in [3.63, 3.8) is 0 Å². The minimum atomic E-state index is 0.222. The fourth-order valence-corrected chi connectivity index (χ4v) is 6.43. The van der Waals surface area contributed by atoms with E-state index in [0.717, 1.165) is 6.61 Å². The van der Waals surface area contributed by atoms with Crippen molar-refractivity contribution in [2.24, 2.45) is 0 Å². The first-order valence-corrected chi connectivity index (χ1v) is 11.1. The fraction of sp³-hybridized carbons (Fsp3) is 1.00. The third-order valence-corrected chi connectivity index (χ3v) is 8.21. The molecular formula is C17H31NOS2. The number of rotatable bonds is 4. The second-order valence-corrected chi connectivity index (χ2v) is 9.66. The van der Waals surface area contributed by atoms with E-state index in [-0.39, 0.29) is 5.60 Å². The molecule has 1 saturated carbocycles. The molecule has 1 N–H and O–H groups in total. The number of hydrogen-bond donors (Lipinski definition) is 1. The van der Waals surface area contributed by atoms with Gasteiger partial charge in [-0.2, -0.15) is 23.5 Å². The number of thioether (sulfide) groups is 2. The van der Waals surface area contributed by atoms with Crippen molar-refractivity contribution < 1.29 is 4.74 Å². The van der Waals surface area contributed by atoms with E-state index in [1.54, 1.807) is 0 Å². The summed E-state index contributed by atoms with van der Waals surface area (Å²) in [5.41, 5.74) is 0.222. The Kier molecular flexibility index (Phi) is 5.85. The van der Waals surface area contributed by atoms with Crippen LogP contribution in [0.1, 0.15) is 57.8 Å². The summed E-state index contributed by atoms with van der Waals surface area (Å²) in [6, 6.07) is 0.688. The zero-order valence-corrected chi connectivity index (χ0v) is 15.1. The monoisotopic (exact) mass is 329 g/mol. The molecule has 4 heteroatoms. The van der Waals surface area contributed by atoms with E-state index in [4.69, 9.17) is 4.74 Å². The van der Waals surface area contributed by atoms with Crippen molar-refractivity contribution in [1.82, 2.24) is 5.32 Å². The van der Waals surface area contributed by atoms with Gasteiger partial charge in [0, 0.05) is 23.9 Å². The molecule has 3 rings (SSSR count). The Labute approximate surface area is 138 Å². The lowest BCUT2D eigenvalue weighted by Gasteiger charge is -2.45. The summed E-state index contributed by atoms with van der Waals surface area (Å²) in [7, 11) is 0. The minimum absolute atomic E-state index is 0.222. The molecule has 122 valence electrons. The molecule has 1 atom stereocenters. The quantitative estimate of drug-likeness (QED) is 0.838. The van der Waals surface area contributed by atoms with Gasteiger partial charge in [0.25, 0.3) is 0 Å². The van der Waals surface area contributed by atoms with Crippen LogP contribution in [-0.2, 0) is 4.74 Å². The van der Waals surface area contributed by atoms with Crippen LogP contribution in [0.2, 0.25) is 0 Å². The third kappa shape index (κ3) is 4.13. The number of hydrogen-bond acceptors (Lipinski definition) is 4. The highest BCUT2D eigenvalue weighted by Crippen LogP contribution is 2.40. The van der Waals surface area contributed by atoms with Crippen LogP contribution in [0.3, 0.4) is 0 Å². The lowest BCUT2D eigenvalue weighted by Crippen LogP contribution is -2.51. The Morgan fingerprint density at radius 1 is 1.14 bits per heavy atom. The van der Waals surface area contributed by atoms with Crippen LogP contribution in [0.25, 0.3) is 0 Å². The van der Waals surface area contributed by atoms with Crippen LogP contribution in [0, 0.1) is 0 Å². The normalized spacial score (nSPS) is 32.1. The van der Waals surface area contributed by atoms with E-state index < -0.39 is 0 Å². The highest BCUT2D eigenvalue weighted by molar-refractivity contribution is 8.00. The largest absolute Gasteiger partial charge is 0.375 e. The van der Waals surface area contributed by atoms with Gasteiger partial charge in [0.1, 0.15) is 0 Å². The van der Waals surface area contributed by atoms with Crippen molar-refractivity contribution in [2.75, 3.05) is 30.9 Å². The molecule has 0 aromatic carbocycles. The van der Waals surface area contributed by atoms with E-state index in [2.05, 4.69) is 35.1 Å². The minimum Gasteiger partial charge on any atom is -0.375 e. The Morgan fingerprint density at radius 2 is 1.90 bits per heavy atom. The van der Waals surface area contributed by atoms with E-state index in [9.17, 15) is 0 Å². The molecule has 0 aromatic heterocycles. The highest BCUT2D eigenvalue weighted by Gasteiger charge is 2.39. The number of nitrogens with one attached hydrogen (secondary N) is 1. The molecule has 2 aliphatic heterocycles. The average Bonchev–Trinajstić information content (AvgIpc) is 2.55. The lowest BCUT2D eigenvalue weighted by molar-refractivity contribution is -0.0933. The topological polar surface area (TPSA) is 21.3 Å². The maximum absolute atomic E-state index is 6.22. The third-order valence-electron chi connectivity index (χ3n) is 5.81. The Balaban J connectivity index is 1.52. The maximum atomic E-state index is 6.22. The molecule has 1 spiro atoms. The SMILES string of the molecule is CSC1(CNC2CCOC3(CCSCC3)C2)CCCCC1. The summed E-state index contributed by atoms with van der Waals surface area (Å²) in [6.45, 7) is 2.18. The standard InChI is InChI=1S/C17H31NOS2/c1-20-17(6-3-2-4-7-17)14-18-15-5-10-19-16(13-15)8-11-21-12-9-16/h15,18H,2-14H2,1H3. The van der Waals surface area contributed by atoms with Crippen molar-refractivity contribution in [3.05, 3.63) is 0 Å². The molecule has 2 nitrogen and oxygen atoms in total. The molecule has 3 fully saturated rings. The molecule has 3 aliphatic rings.